The van der Waals surface area contributed by atoms with Crippen molar-refractivity contribution in [3.8, 4) is 11.4 Å². The molecule has 0 aliphatic carbocycles. The molecule has 2 fully saturated rings. The van der Waals surface area contributed by atoms with Crippen molar-refractivity contribution in [3.05, 3.63) is 135 Å². The van der Waals surface area contributed by atoms with Crippen LogP contribution >= 0.6 is 23.2 Å². The van der Waals surface area contributed by atoms with Gasteiger partial charge in [0, 0.05) is 50.2 Å². The fraction of sp³-hybridized carbons (Fsp3) is 0.383. The number of rotatable bonds is 11. The topological polar surface area (TPSA) is 139 Å². The van der Waals surface area contributed by atoms with Crippen molar-refractivity contribution in [3.63, 3.8) is 0 Å². The first kappa shape index (κ1) is 42.9. The van der Waals surface area contributed by atoms with Gasteiger partial charge in [0.15, 0.2) is 0 Å². The summed E-state index contributed by atoms with van der Waals surface area (Å²) >= 11 is 12.3. The van der Waals surface area contributed by atoms with Gasteiger partial charge >= 0.3 is 0 Å². The first-order valence-corrected chi connectivity index (χ1v) is 22.1. The van der Waals surface area contributed by atoms with Gasteiger partial charge in [0.1, 0.15) is 11.6 Å². The first-order valence-electron chi connectivity index (χ1n) is 21.3. The van der Waals surface area contributed by atoms with Crippen LogP contribution < -0.4 is 10.6 Å². The van der Waals surface area contributed by atoms with E-state index in [9.17, 15) is 9.59 Å². The van der Waals surface area contributed by atoms with Gasteiger partial charge in [0.2, 0.25) is 0 Å². The van der Waals surface area contributed by atoms with Crippen LogP contribution in [0.1, 0.15) is 88.0 Å². The molecule has 2 aliphatic rings. The van der Waals surface area contributed by atoms with Gasteiger partial charge in [-0.1, -0.05) is 60.3 Å². The monoisotopic (exact) mass is 873 g/mol. The summed E-state index contributed by atoms with van der Waals surface area (Å²) in [6.07, 6.45) is 7.56. The van der Waals surface area contributed by atoms with Crippen molar-refractivity contribution in [2.24, 2.45) is 11.8 Å². The first-order chi connectivity index (χ1) is 29.8. The molecule has 322 valence electrons. The maximum atomic E-state index is 15.0. The lowest BCUT2D eigenvalue weighted by Crippen LogP contribution is -2.53. The van der Waals surface area contributed by atoms with E-state index in [4.69, 9.17) is 28.3 Å². The third-order valence-electron chi connectivity index (χ3n) is 12.5. The van der Waals surface area contributed by atoms with Crippen LogP contribution in [0.2, 0.25) is 10.0 Å². The number of nitrogens with one attached hydrogen (secondary N) is 2. The van der Waals surface area contributed by atoms with Gasteiger partial charge in [-0.15, -0.1) is 0 Å². The third-order valence-corrected chi connectivity index (χ3v) is 12.9. The van der Waals surface area contributed by atoms with Crippen LogP contribution in [0.5, 0.6) is 0 Å². The summed E-state index contributed by atoms with van der Waals surface area (Å²) in [5.74, 6) is 1.48. The van der Waals surface area contributed by atoms with Crippen molar-refractivity contribution in [1.82, 2.24) is 44.5 Å². The van der Waals surface area contributed by atoms with E-state index < -0.39 is 0 Å². The Morgan fingerprint density at radius 2 is 1.27 bits per heavy atom. The molecule has 4 aromatic heterocycles. The molecule has 2 aliphatic heterocycles. The van der Waals surface area contributed by atoms with Crippen molar-refractivity contribution < 1.29 is 9.59 Å². The Morgan fingerprint density at radius 1 is 0.677 bits per heavy atom. The number of benzene rings is 2. The zero-order valence-electron chi connectivity index (χ0n) is 36.0. The molecule has 5 unspecified atom stereocenters. The number of carbonyl (C=O) groups is 2. The van der Waals surface area contributed by atoms with Gasteiger partial charge in [-0.3, -0.25) is 9.59 Å². The van der Waals surface area contributed by atoms with Crippen LogP contribution in [-0.2, 0) is 0 Å². The summed E-state index contributed by atoms with van der Waals surface area (Å²) in [6, 6.07) is 21.0. The summed E-state index contributed by atoms with van der Waals surface area (Å²) in [7, 11) is 0. The van der Waals surface area contributed by atoms with Crippen LogP contribution in [0.15, 0.2) is 85.3 Å². The van der Waals surface area contributed by atoms with Gasteiger partial charge in [-0.05, 0) is 113 Å². The number of pyridine rings is 2. The maximum Gasteiger partial charge on any atom is 0.256 e. The molecule has 2 amide bonds. The molecule has 0 bridgehead atoms. The van der Waals surface area contributed by atoms with Crippen molar-refractivity contribution in [2.45, 2.75) is 78.8 Å². The summed E-state index contributed by atoms with van der Waals surface area (Å²) < 4.78 is 1.98. The zero-order chi connectivity index (χ0) is 43.7. The molecule has 15 heteroatoms. The summed E-state index contributed by atoms with van der Waals surface area (Å²) in [5.41, 5.74) is 7.08. The predicted octanol–water partition coefficient (Wildman–Crippen LogP) is 8.88. The minimum atomic E-state index is -0.264. The number of hydrogen-bond donors (Lipinski definition) is 2. The Bertz CT molecular complexity index is 2560. The van der Waals surface area contributed by atoms with Gasteiger partial charge in [-0.2, -0.15) is 20.1 Å². The molecule has 13 nitrogen and oxygen atoms in total. The number of piperidine rings is 2. The average Bonchev–Trinajstić information content (AvgIpc) is 3.87. The van der Waals surface area contributed by atoms with E-state index >= 15 is 0 Å². The Labute approximate surface area is 372 Å². The summed E-state index contributed by atoms with van der Waals surface area (Å²) in [5, 5.41) is 22.2. The van der Waals surface area contributed by atoms with Crippen molar-refractivity contribution in [1.29, 1.82) is 0 Å². The summed E-state index contributed by atoms with van der Waals surface area (Å²) in [6.45, 7) is 14.4. The molecular weight excluding hydrogens is 821 g/mol. The van der Waals surface area contributed by atoms with E-state index in [0.717, 1.165) is 52.6 Å². The highest BCUT2D eigenvalue weighted by molar-refractivity contribution is 6.30. The molecule has 2 aromatic carbocycles. The van der Waals surface area contributed by atoms with Crippen LogP contribution in [0.3, 0.4) is 0 Å². The highest BCUT2D eigenvalue weighted by Crippen LogP contribution is 2.40. The molecule has 6 aromatic rings. The third kappa shape index (κ3) is 9.05. The number of hydrogen-bond acceptors (Lipinski definition) is 9. The van der Waals surface area contributed by atoms with Crippen molar-refractivity contribution >= 4 is 46.7 Å². The highest BCUT2D eigenvalue weighted by Gasteiger charge is 2.41. The molecule has 0 saturated carbocycles. The van der Waals surface area contributed by atoms with E-state index in [2.05, 4.69) is 50.7 Å². The maximum absolute atomic E-state index is 15.0. The molecule has 62 heavy (non-hydrogen) atoms. The Hall–Kier alpha value is -5.79. The predicted molar refractivity (Wildman–Crippen MR) is 244 cm³/mol. The Kier molecular flexibility index (Phi) is 12.6. The molecule has 6 heterocycles. The average molecular weight is 875 g/mol. The van der Waals surface area contributed by atoms with E-state index in [0.29, 0.717) is 65.3 Å². The number of likely N-dealkylation sites (tertiary alicyclic amines) is 2. The van der Waals surface area contributed by atoms with E-state index in [-0.39, 0.29) is 41.7 Å². The quantitative estimate of drug-likeness (QED) is 0.131. The SMILES string of the molecule is Cc1ccc(-n2ncc(C)n2)c(C(=O)N2CCC(c3cc(C)nn3-c3ccc(C)cc3C(=O)N3CCCC(C)C3CNc3ccc(Cl)cn3)C(C)C2CNc2ccc(Cl)cn2)c1. The van der Waals surface area contributed by atoms with Gasteiger partial charge in [0.05, 0.1) is 62.2 Å². The lowest BCUT2D eigenvalue weighted by molar-refractivity contribution is 0.0489. The zero-order valence-corrected chi connectivity index (χ0v) is 37.5. The van der Waals surface area contributed by atoms with E-state index in [1.54, 1.807) is 24.7 Å². The van der Waals surface area contributed by atoms with E-state index in [1.807, 2.05) is 96.8 Å². The summed E-state index contributed by atoms with van der Waals surface area (Å²) in [4.78, 5) is 44.4. The number of nitrogens with zero attached hydrogens (tertiary/aromatic N) is 9. The highest BCUT2D eigenvalue weighted by atomic mass is 35.5. The Balaban J connectivity index is 1.12. The van der Waals surface area contributed by atoms with Crippen molar-refractivity contribution in [2.75, 3.05) is 36.8 Å². The second-order valence-corrected chi connectivity index (χ2v) is 17.8. The fourth-order valence-electron chi connectivity index (χ4n) is 9.16. The number of anilines is 2. The molecule has 8 rings (SSSR count). The smallest absolute Gasteiger partial charge is 0.256 e. The standard InChI is InChI=1S/C47H53Cl2N11O2/c1-28-9-13-39(37(20-28)46(61)57-18-7-8-30(3)42(57)26-52-44-15-11-34(48)24-50-44)59-41(22-31(4)55-59)36-17-19-58(43(33(36)6)27-53-45-16-12-35(49)25-51-45)47(62)38-21-29(2)10-14-40(38)60-54-23-32(5)56-60/h9-16,20-25,30,33,36,42-43H,7-8,17-19,26-27H2,1-6H3,(H,50,52)(H,51,53). The van der Waals surface area contributed by atoms with E-state index in [1.165, 1.54) is 4.80 Å². The molecule has 2 saturated heterocycles. The van der Waals surface area contributed by atoms with Crippen LogP contribution in [0.25, 0.3) is 11.4 Å². The largest absolute Gasteiger partial charge is 0.368 e. The van der Waals surface area contributed by atoms with Crippen LogP contribution in [0.4, 0.5) is 11.6 Å². The molecule has 2 N–H and O–H groups in total. The number of amides is 2. The minimum Gasteiger partial charge on any atom is -0.368 e. The van der Waals surface area contributed by atoms with Crippen LogP contribution in [0, 0.1) is 39.5 Å². The van der Waals surface area contributed by atoms with Gasteiger partial charge in [-0.25, -0.2) is 14.6 Å². The van der Waals surface area contributed by atoms with Crippen LogP contribution in [-0.4, -0.2) is 94.6 Å². The number of halogens is 2. The molecule has 0 radical (unpaired) electrons. The van der Waals surface area contributed by atoms with Gasteiger partial charge < -0.3 is 20.4 Å². The lowest BCUT2D eigenvalue weighted by Gasteiger charge is -2.45. The normalized spacial score (nSPS) is 20.3. The second-order valence-electron chi connectivity index (χ2n) is 16.9. The fourth-order valence-corrected chi connectivity index (χ4v) is 9.38. The second kappa shape index (κ2) is 18.3. The molecule has 0 spiro atoms. The van der Waals surface area contributed by atoms with Gasteiger partial charge in [0.25, 0.3) is 11.8 Å². The minimum absolute atomic E-state index is 0.0132. The number of aryl methyl sites for hydroxylation is 4. The number of aromatic nitrogens is 7. The molecular formula is C47H53Cl2N11O2. The Morgan fingerprint density at radius 3 is 1.87 bits per heavy atom. The lowest BCUT2D eigenvalue weighted by atomic mass is 9.78. The number of carbonyl (C=O) groups excluding carboxylic acids is 2. The molecule has 5 atom stereocenters.